The Kier molecular flexibility index (Phi) is 13.8. The number of pyridine rings is 2. The van der Waals surface area contributed by atoms with Crippen molar-refractivity contribution in [1.82, 2.24) is 9.97 Å². The van der Waals surface area contributed by atoms with Crippen LogP contribution in [0.4, 0.5) is 39.9 Å². The van der Waals surface area contributed by atoms with Crippen LogP contribution < -0.4 is 24.5 Å². The monoisotopic (exact) mass is 1530 g/mol. The van der Waals surface area contributed by atoms with Crippen LogP contribution in [0.2, 0.25) is 0 Å². The number of benzene rings is 8. The first-order chi connectivity index (χ1) is 63.3. The normalized spacial score (nSPS) is 29.1. The van der Waals surface area contributed by atoms with Crippen molar-refractivity contribution < 1.29 is 46.1 Å². The number of nitrogens with zero attached hydrogens (tertiary/aromatic N) is 7. The summed E-state index contributed by atoms with van der Waals surface area (Å²) in [6.45, 7) is 16.8. The van der Waals surface area contributed by atoms with Crippen molar-refractivity contribution in [1.29, 1.82) is 0 Å². The Balaban J connectivity index is 0.000000131. The van der Waals surface area contributed by atoms with Crippen LogP contribution in [-0.2, 0) is 10.8 Å². The predicted octanol–water partition coefficient (Wildman–Crippen LogP) is 28.2. The lowest BCUT2D eigenvalue weighted by atomic mass is 9.68. The minimum Gasteiger partial charge on any atom is -0.454 e. The molecule has 6 aliphatic rings. The van der Waals surface area contributed by atoms with Crippen LogP contribution in [0.25, 0.3) is 65.9 Å². The van der Waals surface area contributed by atoms with E-state index in [0.717, 1.165) is 137 Å². The Labute approximate surface area is 708 Å². The van der Waals surface area contributed by atoms with Gasteiger partial charge in [0.1, 0.15) is 17.0 Å². The maximum atomic E-state index is 9.32. The van der Waals surface area contributed by atoms with Crippen LogP contribution in [0.1, 0.15) is 254 Å². The first-order valence-corrected chi connectivity index (χ1v) is 40.0. The molecule has 1 aliphatic carbocycles. The van der Waals surface area contributed by atoms with Gasteiger partial charge in [-0.15, -0.1) is 0 Å². The van der Waals surface area contributed by atoms with Crippen molar-refractivity contribution >= 4 is 106 Å². The van der Waals surface area contributed by atoms with E-state index in [9.17, 15) is 2.74 Å². The molecule has 13 aromatic rings. The topological polar surface area (TPSA) is 81.4 Å². The lowest BCUT2D eigenvalue weighted by molar-refractivity contribution is 0.170. The van der Waals surface area contributed by atoms with Crippen molar-refractivity contribution in [3.8, 4) is 0 Å². The van der Waals surface area contributed by atoms with E-state index < -0.39 is 111 Å². The van der Waals surface area contributed by atoms with Crippen LogP contribution in [0.5, 0.6) is 0 Å². The highest BCUT2D eigenvalue weighted by atomic mass is 16.3. The van der Waals surface area contributed by atoms with Crippen LogP contribution in [0.15, 0.2) is 208 Å². The van der Waals surface area contributed by atoms with Gasteiger partial charge in [0.15, 0.2) is 16.7 Å². The molecule has 10 nitrogen and oxygen atoms in total. The van der Waals surface area contributed by atoms with E-state index in [1.54, 1.807) is 56.0 Å². The molecule has 19 rings (SSSR count). The molecular weight excluding hydrogens is 1380 g/mol. The maximum absolute atomic E-state index is 9.32. The number of hydrogen-bond donors (Lipinski definition) is 0. The molecule has 7 atom stereocenters. The molecule has 0 radical (unpaired) electrons. The highest BCUT2D eigenvalue weighted by Crippen LogP contribution is 2.59. The maximum Gasteiger partial charge on any atom is 0.227 e. The Bertz CT molecular complexity index is 6430. The molecule has 10 heteroatoms. The standard InChI is InChI=1S/C25H31NO.C22H27NO.C21H26N2O.C18H21N.C17H20N2/c1-17-12-13-20-19-10-6-7-11-21(19)27-23(20)22(17)26-18(2)25(16-24(26,3)4)14-8-5-9-15-25;1-14-11-12-17-16-9-7-8-10-18(16)24-20(17)19(14)23-15(2)21(3,4)13-22(23,5)6;1-13-9-10-15-16-8-7-11-22-19(16)24-18(15)17(13)23-14(2)20(3,4)12-21(23,5)6;1-13-9-5-7-11-16(13)19-14(2)18(3,4)15-10-6-8-12-17(15)19;1-12-8-5-6-10-15(12)19-13(2)17(3,4)14-9-7-11-18-16(14)19/h6-7,10-13,18H,5,8-9,14-16H2,1-4H3;7-12,15H,13H2,1-6H3;7-11,14H,12H2,1-6H3;5-12,14H,1-4H3;5-11,13H,1-4H3/t18-;15-;2*14-;13-/m00000/s1/i16D2;3D3,4D3,13D2;3D3,4D3,12D2;2*3D3/t3m;14-,18?;13-,17?. The summed E-state index contributed by atoms with van der Waals surface area (Å²) >= 11 is 0. The van der Waals surface area contributed by atoms with E-state index in [1.807, 2.05) is 188 Å². The first-order valence-electron chi connectivity index (χ1n) is 52.0. The summed E-state index contributed by atoms with van der Waals surface area (Å²) in [7, 11) is 0. The van der Waals surface area contributed by atoms with Crippen LogP contribution in [0.3, 0.4) is 0 Å². The second-order valence-corrected chi connectivity index (χ2v) is 34.5. The second-order valence-electron chi connectivity index (χ2n) is 34.5. The molecule has 1 spiro atoms. The van der Waals surface area contributed by atoms with Crippen molar-refractivity contribution in [2.24, 2.45) is 16.2 Å². The number of rotatable bonds is 5. The van der Waals surface area contributed by atoms with Gasteiger partial charge < -0.3 is 37.8 Å². The molecule has 0 bridgehead atoms. The summed E-state index contributed by atoms with van der Waals surface area (Å²) in [6.07, 6.45) is 2.28. The van der Waals surface area contributed by atoms with E-state index in [4.69, 9.17) is 43.4 Å². The third-order valence-corrected chi connectivity index (χ3v) is 25.6. The largest absolute Gasteiger partial charge is 0.454 e. The Hall–Kier alpha value is -9.54. The molecule has 3 saturated heterocycles. The molecule has 113 heavy (non-hydrogen) atoms. The van der Waals surface area contributed by atoms with Gasteiger partial charge in [-0.2, -0.15) is 0 Å². The van der Waals surface area contributed by atoms with Crippen molar-refractivity contribution in [3.05, 3.63) is 233 Å². The van der Waals surface area contributed by atoms with Crippen LogP contribution in [-0.4, -0.2) is 56.8 Å². The van der Waals surface area contributed by atoms with Gasteiger partial charge in [0, 0.05) is 158 Å². The average Bonchev–Trinajstić information content (AvgIpc) is 1.50. The number of hydrogen-bond acceptors (Lipinski definition) is 10. The molecule has 10 heterocycles. The highest BCUT2D eigenvalue weighted by molar-refractivity contribution is 6.12. The molecule has 5 aliphatic heterocycles. The zero-order chi connectivity index (χ0) is 101. The summed E-state index contributed by atoms with van der Waals surface area (Å²) in [6, 6.07) is 56.3. The van der Waals surface area contributed by atoms with Crippen LogP contribution >= 0.6 is 0 Å². The van der Waals surface area contributed by atoms with Gasteiger partial charge in [0.2, 0.25) is 5.71 Å². The quantitative estimate of drug-likeness (QED) is 0.166. The van der Waals surface area contributed by atoms with Gasteiger partial charge in [0.25, 0.3) is 0 Å². The fourth-order valence-electron chi connectivity index (χ4n) is 19.5. The number of anilines is 7. The Morgan fingerprint density at radius 2 is 0.752 bits per heavy atom. The molecule has 590 valence electrons. The molecule has 0 N–H and O–H groups in total. The summed E-state index contributed by atoms with van der Waals surface area (Å²) in [5.74, 6) is 0.753. The van der Waals surface area contributed by atoms with E-state index in [1.165, 1.54) is 20.3 Å². The van der Waals surface area contributed by atoms with E-state index in [-0.39, 0.29) is 23.5 Å². The van der Waals surface area contributed by atoms with Crippen molar-refractivity contribution in [2.75, 3.05) is 24.5 Å². The minimum absolute atomic E-state index is 0.116. The van der Waals surface area contributed by atoms with Gasteiger partial charge in [0.05, 0.1) is 17.1 Å². The predicted molar refractivity (Wildman–Crippen MR) is 480 cm³/mol. The number of aromatic nitrogens is 2. The van der Waals surface area contributed by atoms with Gasteiger partial charge in [-0.25, -0.2) is 9.97 Å². The van der Waals surface area contributed by atoms with E-state index in [2.05, 4.69) is 95.7 Å². The molecule has 4 fully saturated rings. The Morgan fingerprint density at radius 1 is 0.354 bits per heavy atom. The number of fused-ring (bicyclic) bond motifs is 11. The number of furan rings is 3. The van der Waals surface area contributed by atoms with Crippen LogP contribution in [0, 0.1) is 50.9 Å². The lowest BCUT2D eigenvalue weighted by Crippen LogP contribution is -2.44. The van der Waals surface area contributed by atoms with Gasteiger partial charge in [-0.05, 0) is 241 Å². The van der Waals surface area contributed by atoms with Gasteiger partial charge in [-0.3, -0.25) is 0 Å². The number of aryl methyl sites for hydroxylation is 5. The van der Waals surface area contributed by atoms with E-state index in [0.29, 0.717) is 33.8 Å². The third-order valence-electron chi connectivity index (χ3n) is 25.6. The zero-order valence-corrected chi connectivity index (χ0v) is 68.8. The summed E-state index contributed by atoms with van der Waals surface area (Å²) in [4.78, 5) is 18.6. The summed E-state index contributed by atoms with van der Waals surface area (Å²) < 4.78 is 220. The molecule has 5 aromatic heterocycles. The average molecular weight is 1530 g/mol. The molecule has 0 amide bonds. The highest BCUT2D eigenvalue weighted by Gasteiger charge is 2.56. The SMILES string of the molecule is [2H]C([2H])([2H])C1(C([2H])([2H])[2H])[C@H](C)N(c2c(C)ccc3c2oc2ccccc23)C(C)(C)C1([2H])[2H].[2H]C([2H])([2H])C1(C([2H])([2H])[2H])[C@H](C)N(c2c(C)ccc3c2oc2ncccc23)C(C)(C)C1([2H])[2H].[2H]C([2H])([2H])C1(C)c2ccccc2N(c2ccccc2C)[C@H]1C.[2H]C([2H])([2H])C1(C)c2cccnc2N(c2ccccc2C)[C@H]1C.[2H]C1([2H])C2(CCCCC2)[C@H](C)N(c2c(C)ccc3c2oc2ccccc23)C1(C)C. The van der Waals surface area contributed by atoms with Crippen molar-refractivity contribution in [2.45, 2.75) is 275 Å². The van der Waals surface area contributed by atoms with E-state index >= 15 is 0 Å². The van der Waals surface area contributed by atoms with Crippen molar-refractivity contribution in [3.63, 3.8) is 0 Å². The molecular formula is C103H125N7O3. The Morgan fingerprint density at radius 3 is 1.26 bits per heavy atom. The third kappa shape index (κ3) is 13.3. The molecule has 1 saturated carbocycles. The lowest BCUT2D eigenvalue weighted by Gasteiger charge is -2.41. The smallest absolute Gasteiger partial charge is 0.227 e. The number of para-hydroxylation sites is 5. The first kappa shape index (κ1) is 54.3. The summed E-state index contributed by atoms with van der Waals surface area (Å²) in [5.41, 5.74) is 4.59. The zero-order valence-electron chi connectivity index (χ0n) is 92.8. The fourth-order valence-corrected chi connectivity index (χ4v) is 19.5. The second kappa shape index (κ2) is 28.8. The molecule has 2 unspecified atom stereocenters. The fraction of sp³-hybridized carbons (Fsp3) is 0.437. The summed E-state index contributed by atoms with van der Waals surface area (Å²) in [5, 5.41) is 5.46. The molecule has 8 aromatic carbocycles. The van der Waals surface area contributed by atoms with Gasteiger partial charge in [-0.1, -0.05) is 208 Å². The van der Waals surface area contributed by atoms with Gasteiger partial charge >= 0.3 is 0 Å². The minimum atomic E-state index is -3.09.